The Hall–Kier alpha value is -0.860. The van der Waals surface area contributed by atoms with Crippen LogP contribution in [0.3, 0.4) is 0 Å². The molecule has 0 bridgehead atoms. The molecular weight excluding hydrogens is 256 g/mol. The lowest BCUT2D eigenvalue weighted by Gasteiger charge is -2.32. The summed E-state index contributed by atoms with van der Waals surface area (Å²) in [5.74, 6) is 0.788. The van der Waals surface area contributed by atoms with Gasteiger partial charge < -0.3 is 10.6 Å². The predicted octanol–water partition coefficient (Wildman–Crippen LogP) is 3.83. The van der Waals surface area contributed by atoms with E-state index >= 15 is 0 Å². The molecule has 3 rings (SSSR count). The fourth-order valence-corrected chi connectivity index (χ4v) is 4.17. The van der Waals surface area contributed by atoms with E-state index in [-0.39, 0.29) is 0 Å². The molecule has 1 heterocycles. The molecule has 2 heteroatoms. The average Bonchev–Trinajstić information content (AvgIpc) is 3.02. The molecule has 1 saturated heterocycles. The summed E-state index contributed by atoms with van der Waals surface area (Å²) in [6, 6.07) is 13.2. The molecule has 2 aliphatic rings. The highest BCUT2D eigenvalue weighted by Gasteiger charge is 2.24. The van der Waals surface area contributed by atoms with Crippen molar-refractivity contribution in [2.24, 2.45) is 0 Å². The Kier molecular flexibility index (Phi) is 5.32. The lowest BCUT2D eigenvalue weighted by molar-refractivity contribution is 0.305. The molecule has 2 N–H and O–H groups in total. The van der Waals surface area contributed by atoms with E-state index in [1.807, 2.05) is 0 Å². The first-order chi connectivity index (χ1) is 10.3. The lowest BCUT2D eigenvalue weighted by Crippen LogP contribution is -2.41. The van der Waals surface area contributed by atoms with Crippen molar-refractivity contribution in [1.82, 2.24) is 10.6 Å². The molecular formula is C19H30N2. The van der Waals surface area contributed by atoms with E-state index < -0.39 is 0 Å². The van der Waals surface area contributed by atoms with Crippen LogP contribution in [0, 0.1) is 0 Å². The van der Waals surface area contributed by atoms with Crippen molar-refractivity contribution < 1.29 is 0 Å². The van der Waals surface area contributed by atoms with Gasteiger partial charge in [-0.2, -0.15) is 0 Å². The second-order valence-electron chi connectivity index (χ2n) is 7.06. The quantitative estimate of drug-likeness (QED) is 0.859. The molecule has 2 unspecified atom stereocenters. The van der Waals surface area contributed by atoms with Crippen LogP contribution >= 0.6 is 0 Å². The Labute approximate surface area is 129 Å². The van der Waals surface area contributed by atoms with Gasteiger partial charge in [0.05, 0.1) is 0 Å². The van der Waals surface area contributed by atoms with Gasteiger partial charge in [0.25, 0.3) is 0 Å². The van der Waals surface area contributed by atoms with E-state index in [4.69, 9.17) is 0 Å². The van der Waals surface area contributed by atoms with Crippen LogP contribution in [0.4, 0.5) is 0 Å². The van der Waals surface area contributed by atoms with Gasteiger partial charge in [-0.15, -0.1) is 0 Å². The summed E-state index contributed by atoms with van der Waals surface area (Å²) in [5, 5.41) is 7.49. The van der Waals surface area contributed by atoms with Crippen molar-refractivity contribution in [3.63, 3.8) is 0 Å². The highest BCUT2D eigenvalue weighted by molar-refractivity contribution is 5.20. The molecule has 1 saturated carbocycles. The third kappa shape index (κ3) is 4.31. The minimum atomic E-state index is 0.652. The van der Waals surface area contributed by atoms with E-state index in [2.05, 4.69) is 47.9 Å². The molecule has 21 heavy (non-hydrogen) atoms. The van der Waals surface area contributed by atoms with E-state index in [9.17, 15) is 0 Å². The standard InChI is InChI=1S/C19H30N2/c1-15(14-19-8-5-13-20-19)21-18-11-9-17(10-12-18)16-6-3-2-4-7-16/h2-4,6-7,15,17-21H,5,8-14H2,1H3. The summed E-state index contributed by atoms with van der Waals surface area (Å²) in [6.07, 6.45) is 9.38. The second-order valence-corrected chi connectivity index (χ2v) is 7.06. The Morgan fingerprint density at radius 3 is 2.52 bits per heavy atom. The van der Waals surface area contributed by atoms with Gasteiger partial charge in [0, 0.05) is 18.1 Å². The van der Waals surface area contributed by atoms with E-state index in [0.717, 1.165) is 18.0 Å². The molecule has 1 aromatic rings. The highest BCUT2D eigenvalue weighted by Crippen LogP contribution is 2.32. The Morgan fingerprint density at radius 2 is 1.86 bits per heavy atom. The largest absolute Gasteiger partial charge is 0.314 e. The van der Waals surface area contributed by atoms with Gasteiger partial charge in [0.15, 0.2) is 0 Å². The average molecular weight is 286 g/mol. The number of nitrogens with one attached hydrogen (secondary N) is 2. The maximum absolute atomic E-state index is 3.88. The summed E-state index contributed by atoms with van der Waals surface area (Å²) in [7, 11) is 0. The van der Waals surface area contributed by atoms with Crippen molar-refractivity contribution in [2.45, 2.75) is 75.9 Å². The normalized spacial score (nSPS) is 31.2. The molecule has 1 aliphatic heterocycles. The molecule has 116 valence electrons. The number of hydrogen-bond acceptors (Lipinski definition) is 2. The van der Waals surface area contributed by atoms with Gasteiger partial charge in [-0.3, -0.25) is 0 Å². The molecule has 0 radical (unpaired) electrons. The molecule has 2 atom stereocenters. The van der Waals surface area contributed by atoms with Crippen molar-refractivity contribution >= 4 is 0 Å². The fourth-order valence-electron chi connectivity index (χ4n) is 4.17. The van der Waals surface area contributed by atoms with Crippen LogP contribution in [0.5, 0.6) is 0 Å². The van der Waals surface area contributed by atoms with E-state index in [0.29, 0.717) is 6.04 Å². The first-order valence-electron chi connectivity index (χ1n) is 8.85. The third-order valence-electron chi connectivity index (χ3n) is 5.32. The topological polar surface area (TPSA) is 24.1 Å². The number of benzene rings is 1. The van der Waals surface area contributed by atoms with Crippen LogP contribution in [0.1, 0.15) is 63.4 Å². The first kappa shape index (κ1) is 15.1. The summed E-state index contributed by atoms with van der Waals surface area (Å²) in [4.78, 5) is 0. The van der Waals surface area contributed by atoms with Crippen LogP contribution in [-0.4, -0.2) is 24.7 Å². The smallest absolute Gasteiger partial charge is 0.00822 e. The summed E-state index contributed by atoms with van der Waals surface area (Å²) in [5.41, 5.74) is 1.54. The minimum Gasteiger partial charge on any atom is -0.314 e. The minimum absolute atomic E-state index is 0.652. The van der Waals surface area contributed by atoms with Gasteiger partial charge in [-0.1, -0.05) is 30.3 Å². The molecule has 0 amide bonds. The Morgan fingerprint density at radius 1 is 1.10 bits per heavy atom. The van der Waals surface area contributed by atoms with Crippen LogP contribution in [0.15, 0.2) is 30.3 Å². The SMILES string of the molecule is CC(CC1CCCN1)NC1CCC(c2ccccc2)CC1. The van der Waals surface area contributed by atoms with E-state index in [1.54, 1.807) is 5.56 Å². The summed E-state index contributed by atoms with van der Waals surface area (Å²) >= 11 is 0. The zero-order valence-electron chi connectivity index (χ0n) is 13.4. The lowest BCUT2D eigenvalue weighted by atomic mass is 9.81. The van der Waals surface area contributed by atoms with Gasteiger partial charge >= 0.3 is 0 Å². The van der Waals surface area contributed by atoms with Gasteiger partial charge in [0.1, 0.15) is 0 Å². The summed E-state index contributed by atoms with van der Waals surface area (Å²) in [6.45, 7) is 3.59. The third-order valence-corrected chi connectivity index (χ3v) is 5.32. The van der Waals surface area contributed by atoms with Crippen LogP contribution in [0.25, 0.3) is 0 Å². The zero-order chi connectivity index (χ0) is 14.5. The van der Waals surface area contributed by atoms with E-state index in [1.165, 1.54) is 51.5 Å². The monoisotopic (exact) mass is 286 g/mol. The molecule has 1 aromatic carbocycles. The molecule has 2 nitrogen and oxygen atoms in total. The van der Waals surface area contributed by atoms with Crippen molar-refractivity contribution in [1.29, 1.82) is 0 Å². The predicted molar refractivity (Wildman–Crippen MR) is 89.7 cm³/mol. The maximum atomic E-state index is 3.88. The highest BCUT2D eigenvalue weighted by atomic mass is 15.0. The van der Waals surface area contributed by atoms with Gasteiger partial charge in [-0.25, -0.2) is 0 Å². The number of rotatable bonds is 5. The molecule has 2 fully saturated rings. The Bertz CT molecular complexity index is 403. The zero-order valence-corrected chi connectivity index (χ0v) is 13.4. The summed E-state index contributed by atoms with van der Waals surface area (Å²) < 4.78 is 0. The second kappa shape index (κ2) is 7.42. The Balaban J connectivity index is 1.41. The molecule has 1 aliphatic carbocycles. The number of hydrogen-bond donors (Lipinski definition) is 2. The fraction of sp³-hybridized carbons (Fsp3) is 0.684. The van der Waals surface area contributed by atoms with Gasteiger partial charge in [-0.05, 0) is 69.9 Å². The van der Waals surface area contributed by atoms with Crippen LogP contribution < -0.4 is 10.6 Å². The maximum Gasteiger partial charge on any atom is 0.00822 e. The van der Waals surface area contributed by atoms with Crippen LogP contribution in [0.2, 0.25) is 0 Å². The molecule has 0 aromatic heterocycles. The van der Waals surface area contributed by atoms with Crippen molar-refractivity contribution in [2.75, 3.05) is 6.54 Å². The first-order valence-corrected chi connectivity index (χ1v) is 8.85. The van der Waals surface area contributed by atoms with Crippen molar-refractivity contribution in [3.05, 3.63) is 35.9 Å². The van der Waals surface area contributed by atoms with Crippen molar-refractivity contribution in [3.8, 4) is 0 Å². The van der Waals surface area contributed by atoms with Gasteiger partial charge in [0.2, 0.25) is 0 Å². The van der Waals surface area contributed by atoms with Crippen LogP contribution in [-0.2, 0) is 0 Å². The molecule has 0 spiro atoms.